The average molecular weight is 230 g/mol. The number of carbonyl (C=O) groups is 2. The van der Waals surface area contributed by atoms with Crippen molar-refractivity contribution < 1.29 is 19.2 Å². The van der Waals surface area contributed by atoms with E-state index in [9.17, 15) is 19.7 Å². The molecule has 0 aromatic heterocycles. The number of hydrogen-bond donors (Lipinski definition) is 1. The number of hydrogen-bond acceptors (Lipinski definition) is 5. The van der Waals surface area contributed by atoms with Crippen LogP contribution in [0.2, 0.25) is 0 Å². The molecule has 3 atom stereocenters. The second kappa shape index (κ2) is 4.91. The molecule has 0 radical (unpaired) electrons. The van der Waals surface area contributed by atoms with Crippen LogP contribution in [0.1, 0.15) is 19.3 Å². The molecule has 1 aliphatic carbocycles. The van der Waals surface area contributed by atoms with Crippen LogP contribution in [-0.2, 0) is 14.3 Å². The highest BCUT2D eigenvalue weighted by Crippen LogP contribution is 2.32. The van der Waals surface area contributed by atoms with Gasteiger partial charge in [-0.05, 0) is 12.8 Å². The van der Waals surface area contributed by atoms with Crippen molar-refractivity contribution in [2.24, 2.45) is 17.6 Å². The highest BCUT2D eigenvalue weighted by Gasteiger charge is 2.47. The van der Waals surface area contributed by atoms with E-state index >= 15 is 0 Å². The number of nitro groups is 1. The van der Waals surface area contributed by atoms with Gasteiger partial charge in [-0.25, -0.2) is 0 Å². The number of ether oxygens (including phenoxy) is 1. The summed E-state index contributed by atoms with van der Waals surface area (Å²) in [5.74, 6) is -3.25. The second-order valence-corrected chi connectivity index (χ2v) is 3.84. The molecule has 1 saturated carbocycles. The van der Waals surface area contributed by atoms with Gasteiger partial charge in [0.25, 0.3) is 0 Å². The lowest BCUT2D eigenvalue weighted by Gasteiger charge is -2.29. The maximum atomic E-state index is 11.4. The first-order valence-corrected chi connectivity index (χ1v) is 4.99. The number of carbonyl (C=O) groups excluding carboxylic acids is 2. The largest absolute Gasteiger partial charge is 0.469 e. The topological polar surface area (TPSA) is 113 Å². The molecule has 1 amide bonds. The first-order valence-electron chi connectivity index (χ1n) is 4.99. The lowest BCUT2D eigenvalue weighted by molar-refractivity contribution is -0.534. The summed E-state index contributed by atoms with van der Waals surface area (Å²) in [6.45, 7) is 0. The smallest absolute Gasteiger partial charge is 0.309 e. The average Bonchev–Trinajstić information content (AvgIpc) is 2.26. The first kappa shape index (κ1) is 12.4. The van der Waals surface area contributed by atoms with Crippen molar-refractivity contribution in [3.8, 4) is 0 Å². The molecule has 7 nitrogen and oxygen atoms in total. The Balaban J connectivity index is 2.95. The van der Waals surface area contributed by atoms with Gasteiger partial charge in [0.05, 0.1) is 13.0 Å². The Kier molecular flexibility index (Phi) is 3.81. The first-order chi connectivity index (χ1) is 7.49. The van der Waals surface area contributed by atoms with Crippen LogP contribution in [-0.4, -0.2) is 30.0 Å². The highest BCUT2D eigenvalue weighted by molar-refractivity contribution is 5.84. The summed E-state index contributed by atoms with van der Waals surface area (Å²) in [5.41, 5.74) is 5.13. The third kappa shape index (κ3) is 2.29. The molecule has 2 N–H and O–H groups in total. The molecule has 16 heavy (non-hydrogen) atoms. The van der Waals surface area contributed by atoms with Gasteiger partial charge in [-0.3, -0.25) is 19.7 Å². The lowest BCUT2D eigenvalue weighted by Crippen LogP contribution is -2.48. The van der Waals surface area contributed by atoms with Crippen molar-refractivity contribution in [2.75, 3.05) is 7.11 Å². The van der Waals surface area contributed by atoms with Gasteiger partial charge in [0.15, 0.2) is 0 Å². The van der Waals surface area contributed by atoms with E-state index in [1.807, 2.05) is 0 Å². The van der Waals surface area contributed by atoms with Gasteiger partial charge in [0.2, 0.25) is 11.9 Å². The monoisotopic (exact) mass is 230 g/mol. The maximum absolute atomic E-state index is 11.4. The number of primary amides is 1. The molecular formula is C9H14N2O5. The zero-order valence-corrected chi connectivity index (χ0v) is 8.92. The van der Waals surface area contributed by atoms with Crippen LogP contribution in [0.25, 0.3) is 0 Å². The van der Waals surface area contributed by atoms with Crippen molar-refractivity contribution in [3.05, 3.63) is 10.1 Å². The van der Waals surface area contributed by atoms with Crippen molar-refractivity contribution >= 4 is 11.9 Å². The van der Waals surface area contributed by atoms with Crippen LogP contribution < -0.4 is 5.73 Å². The van der Waals surface area contributed by atoms with Crippen molar-refractivity contribution in [1.82, 2.24) is 0 Å². The molecule has 3 unspecified atom stereocenters. The minimum Gasteiger partial charge on any atom is -0.469 e. The van der Waals surface area contributed by atoms with E-state index in [1.165, 1.54) is 7.11 Å². The number of rotatable bonds is 3. The van der Waals surface area contributed by atoms with Gasteiger partial charge < -0.3 is 10.5 Å². The molecule has 0 aliphatic heterocycles. The van der Waals surface area contributed by atoms with Crippen molar-refractivity contribution in [2.45, 2.75) is 25.3 Å². The van der Waals surface area contributed by atoms with Crippen LogP contribution in [0.4, 0.5) is 0 Å². The number of amides is 1. The standard InChI is InChI=1S/C9H14N2O5/c1-16-9(13)5-3-2-4-6(11(14)15)7(5)8(10)12/h5-7H,2-4H2,1H3,(H2,10,12). The Labute approximate surface area is 92.1 Å². The Morgan fingerprint density at radius 1 is 1.44 bits per heavy atom. The van der Waals surface area contributed by atoms with Crippen LogP contribution in [0.15, 0.2) is 0 Å². The van der Waals surface area contributed by atoms with Crippen molar-refractivity contribution in [3.63, 3.8) is 0 Å². The summed E-state index contributed by atoms with van der Waals surface area (Å²) < 4.78 is 4.53. The molecule has 0 spiro atoms. The molecule has 1 aliphatic rings. The highest BCUT2D eigenvalue weighted by atomic mass is 16.6. The fourth-order valence-electron chi connectivity index (χ4n) is 2.21. The van der Waals surface area contributed by atoms with E-state index < -0.39 is 34.7 Å². The zero-order valence-electron chi connectivity index (χ0n) is 8.92. The molecule has 0 aromatic carbocycles. The van der Waals surface area contributed by atoms with Gasteiger partial charge in [-0.2, -0.15) is 0 Å². The summed E-state index contributed by atoms with van der Waals surface area (Å²) in [4.78, 5) is 32.8. The van der Waals surface area contributed by atoms with Gasteiger partial charge >= 0.3 is 5.97 Å². The molecule has 1 rings (SSSR count). The molecule has 0 aromatic rings. The van der Waals surface area contributed by atoms with E-state index in [4.69, 9.17) is 5.73 Å². The van der Waals surface area contributed by atoms with E-state index in [-0.39, 0.29) is 6.42 Å². The van der Waals surface area contributed by atoms with E-state index in [0.717, 1.165) is 0 Å². The third-order valence-electron chi connectivity index (χ3n) is 2.97. The normalized spacial score (nSPS) is 29.4. The second-order valence-electron chi connectivity index (χ2n) is 3.84. The Morgan fingerprint density at radius 3 is 2.50 bits per heavy atom. The van der Waals surface area contributed by atoms with Gasteiger partial charge in [0, 0.05) is 11.3 Å². The van der Waals surface area contributed by atoms with E-state index in [1.54, 1.807) is 0 Å². The quantitative estimate of drug-likeness (QED) is 0.406. The molecule has 0 saturated heterocycles. The number of methoxy groups -OCH3 is 1. The fourth-order valence-corrected chi connectivity index (χ4v) is 2.21. The van der Waals surface area contributed by atoms with Crippen LogP contribution >= 0.6 is 0 Å². The third-order valence-corrected chi connectivity index (χ3v) is 2.97. The van der Waals surface area contributed by atoms with Crippen LogP contribution in [0.3, 0.4) is 0 Å². The summed E-state index contributed by atoms with van der Waals surface area (Å²) in [6, 6.07) is -1.07. The van der Waals surface area contributed by atoms with Gasteiger partial charge in [0.1, 0.15) is 5.92 Å². The predicted molar refractivity (Wildman–Crippen MR) is 52.8 cm³/mol. The Hall–Kier alpha value is -1.66. The number of nitrogens with two attached hydrogens (primary N) is 1. The minimum atomic E-state index is -1.07. The molecule has 0 heterocycles. The molecule has 90 valence electrons. The predicted octanol–water partition coefficient (Wildman–Crippen LogP) is -0.294. The summed E-state index contributed by atoms with van der Waals surface area (Å²) >= 11 is 0. The fraction of sp³-hybridized carbons (Fsp3) is 0.778. The zero-order chi connectivity index (χ0) is 12.3. The summed E-state index contributed by atoms with van der Waals surface area (Å²) in [6.07, 6.45) is 1.20. The van der Waals surface area contributed by atoms with Gasteiger partial charge in [-0.15, -0.1) is 0 Å². The molecule has 0 bridgehead atoms. The van der Waals surface area contributed by atoms with Crippen molar-refractivity contribution in [1.29, 1.82) is 0 Å². The molecule has 7 heteroatoms. The molecule has 1 fully saturated rings. The van der Waals surface area contributed by atoms with Gasteiger partial charge in [-0.1, -0.05) is 0 Å². The SMILES string of the molecule is COC(=O)C1CCCC([N+](=O)[O-])C1C(N)=O. The minimum absolute atomic E-state index is 0.272. The van der Waals surface area contributed by atoms with Crippen LogP contribution in [0.5, 0.6) is 0 Å². The Bertz CT molecular complexity index is 317. The molecular weight excluding hydrogens is 216 g/mol. The number of nitrogens with zero attached hydrogens (tertiary/aromatic N) is 1. The summed E-state index contributed by atoms with van der Waals surface area (Å²) in [7, 11) is 1.19. The Morgan fingerprint density at radius 2 is 2.06 bits per heavy atom. The van der Waals surface area contributed by atoms with E-state index in [2.05, 4.69) is 4.74 Å². The summed E-state index contributed by atoms with van der Waals surface area (Å²) in [5, 5.41) is 10.8. The lowest BCUT2D eigenvalue weighted by atomic mass is 9.75. The van der Waals surface area contributed by atoms with Crippen LogP contribution in [0, 0.1) is 22.0 Å². The number of esters is 1. The van der Waals surface area contributed by atoms with E-state index in [0.29, 0.717) is 12.8 Å². The maximum Gasteiger partial charge on any atom is 0.309 e.